The minimum absolute atomic E-state index is 0.0358. The van der Waals surface area contributed by atoms with E-state index in [1.165, 1.54) is 42.5 Å². The molecule has 0 atom stereocenters. The predicted molar refractivity (Wildman–Crippen MR) is 87.2 cm³/mol. The Bertz CT molecular complexity index is 768. The van der Waals surface area contributed by atoms with Crippen LogP contribution in [0.1, 0.15) is 15.9 Å². The van der Waals surface area contributed by atoms with Gasteiger partial charge in [-0.3, -0.25) is 14.9 Å². The summed E-state index contributed by atoms with van der Waals surface area (Å²) in [6.45, 7) is 0. The molecule has 0 N–H and O–H groups in total. The number of hydrogen-bond acceptors (Lipinski definition) is 4. The summed E-state index contributed by atoms with van der Waals surface area (Å²) in [5, 5.41) is 11.1. The summed E-state index contributed by atoms with van der Waals surface area (Å²) in [6.07, 6.45) is 2.81. The smallest absolute Gasteiger partial charge is 0.293 e. The fourth-order valence-corrected chi connectivity index (χ4v) is 2.05. The second-order valence-corrected chi connectivity index (χ2v) is 5.10. The van der Waals surface area contributed by atoms with Crippen molar-refractivity contribution in [3.8, 4) is 0 Å². The van der Waals surface area contributed by atoms with Crippen LogP contribution in [0, 0.1) is 15.9 Å². The van der Waals surface area contributed by atoms with Crippen LogP contribution in [0.25, 0.3) is 6.08 Å². The first-order valence-corrected chi connectivity index (χ1v) is 6.82. The molecule has 0 aliphatic heterocycles. The van der Waals surface area contributed by atoms with Gasteiger partial charge in [0.2, 0.25) is 0 Å². The number of halogens is 1. The van der Waals surface area contributed by atoms with Crippen molar-refractivity contribution in [2.75, 3.05) is 19.0 Å². The van der Waals surface area contributed by atoms with Crippen LogP contribution >= 0.6 is 0 Å². The summed E-state index contributed by atoms with van der Waals surface area (Å²) in [6, 6.07) is 9.91. The number of rotatable bonds is 5. The highest BCUT2D eigenvalue weighted by molar-refractivity contribution is 6.06. The zero-order valence-electron chi connectivity index (χ0n) is 12.7. The number of nitrogens with zero attached hydrogens (tertiary/aromatic N) is 2. The first-order chi connectivity index (χ1) is 10.9. The van der Waals surface area contributed by atoms with Gasteiger partial charge in [0.25, 0.3) is 5.69 Å². The Morgan fingerprint density at radius 3 is 2.39 bits per heavy atom. The Labute approximate surface area is 132 Å². The molecule has 0 radical (unpaired) electrons. The van der Waals surface area contributed by atoms with Crippen LogP contribution in [0.3, 0.4) is 0 Å². The summed E-state index contributed by atoms with van der Waals surface area (Å²) in [5.74, 6) is -0.718. The van der Waals surface area contributed by atoms with Crippen molar-refractivity contribution < 1.29 is 14.1 Å². The molecule has 0 aliphatic rings. The molecule has 6 heteroatoms. The Balaban J connectivity index is 2.25. The van der Waals surface area contributed by atoms with Crippen LogP contribution in [-0.4, -0.2) is 24.8 Å². The Hall–Kier alpha value is -3.02. The van der Waals surface area contributed by atoms with Gasteiger partial charge in [-0.2, -0.15) is 0 Å². The number of ketones is 1. The van der Waals surface area contributed by atoms with Gasteiger partial charge in [-0.25, -0.2) is 4.39 Å². The van der Waals surface area contributed by atoms with Crippen LogP contribution in [0.4, 0.5) is 15.8 Å². The van der Waals surface area contributed by atoms with Gasteiger partial charge in [0.1, 0.15) is 11.5 Å². The maximum absolute atomic E-state index is 12.8. The second kappa shape index (κ2) is 6.83. The average molecular weight is 314 g/mol. The maximum Gasteiger partial charge on any atom is 0.293 e. The molecular weight excluding hydrogens is 299 g/mol. The summed E-state index contributed by atoms with van der Waals surface area (Å²) < 4.78 is 12.8. The van der Waals surface area contributed by atoms with Gasteiger partial charge in [-0.15, -0.1) is 0 Å². The number of nitro groups is 1. The highest BCUT2D eigenvalue weighted by atomic mass is 19.1. The molecule has 0 aliphatic carbocycles. The van der Waals surface area contributed by atoms with Crippen molar-refractivity contribution in [3.05, 3.63) is 75.6 Å². The highest BCUT2D eigenvalue weighted by Gasteiger charge is 2.15. The quantitative estimate of drug-likeness (QED) is 0.365. The van der Waals surface area contributed by atoms with Gasteiger partial charge < -0.3 is 4.90 Å². The molecule has 2 aromatic carbocycles. The lowest BCUT2D eigenvalue weighted by atomic mass is 10.1. The Morgan fingerprint density at radius 1 is 1.17 bits per heavy atom. The fraction of sp³-hybridized carbons (Fsp3) is 0.118. The highest BCUT2D eigenvalue weighted by Crippen LogP contribution is 2.28. The van der Waals surface area contributed by atoms with Crippen molar-refractivity contribution in [2.45, 2.75) is 0 Å². The molecular formula is C17H15FN2O3. The van der Waals surface area contributed by atoms with Crippen LogP contribution < -0.4 is 4.90 Å². The van der Waals surface area contributed by atoms with E-state index in [4.69, 9.17) is 0 Å². The standard InChI is InChI=1S/C17H15FN2O3/c1-19(2)15-9-3-12(11-16(15)20(22)23)4-10-17(21)13-5-7-14(18)8-6-13/h3-11H,1-2H3/b10-4+. The van der Waals surface area contributed by atoms with E-state index in [0.29, 0.717) is 16.8 Å². The summed E-state index contributed by atoms with van der Waals surface area (Å²) in [7, 11) is 3.44. The molecule has 5 nitrogen and oxygen atoms in total. The van der Waals surface area contributed by atoms with E-state index in [-0.39, 0.29) is 11.5 Å². The number of allylic oxidation sites excluding steroid dienone is 1. The topological polar surface area (TPSA) is 63.5 Å². The third kappa shape index (κ3) is 4.00. The second-order valence-electron chi connectivity index (χ2n) is 5.10. The van der Waals surface area contributed by atoms with Gasteiger partial charge in [-0.05, 0) is 42.0 Å². The number of hydrogen-bond donors (Lipinski definition) is 0. The number of nitro benzene ring substituents is 1. The summed E-state index contributed by atoms with van der Waals surface area (Å²) in [5.41, 5.74) is 1.34. The molecule has 0 aromatic heterocycles. The number of anilines is 1. The third-order valence-electron chi connectivity index (χ3n) is 3.23. The van der Waals surface area contributed by atoms with Crippen LogP contribution in [0.15, 0.2) is 48.5 Å². The zero-order valence-corrected chi connectivity index (χ0v) is 12.7. The lowest BCUT2D eigenvalue weighted by molar-refractivity contribution is -0.384. The molecule has 0 bridgehead atoms. The van der Waals surface area contributed by atoms with Crippen LogP contribution in [0.5, 0.6) is 0 Å². The largest absolute Gasteiger partial charge is 0.372 e. The van der Waals surface area contributed by atoms with Crippen LogP contribution in [-0.2, 0) is 0 Å². The van der Waals surface area contributed by atoms with Crippen molar-refractivity contribution in [2.24, 2.45) is 0 Å². The van der Waals surface area contributed by atoms with E-state index in [2.05, 4.69) is 0 Å². The van der Waals surface area contributed by atoms with Gasteiger partial charge in [-0.1, -0.05) is 12.1 Å². The minimum atomic E-state index is -0.464. The lowest BCUT2D eigenvalue weighted by Crippen LogP contribution is -2.10. The van der Waals surface area contributed by atoms with Crippen molar-refractivity contribution in [3.63, 3.8) is 0 Å². The molecule has 118 valence electrons. The number of benzene rings is 2. The molecule has 0 spiro atoms. The monoisotopic (exact) mass is 314 g/mol. The molecule has 0 heterocycles. The van der Waals surface area contributed by atoms with Crippen molar-refractivity contribution >= 4 is 23.2 Å². The van der Waals surface area contributed by atoms with E-state index in [1.54, 1.807) is 31.1 Å². The molecule has 0 fully saturated rings. The van der Waals surface area contributed by atoms with Crippen molar-refractivity contribution in [1.82, 2.24) is 0 Å². The molecule has 2 rings (SSSR count). The molecule has 0 saturated carbocycles. The average Bonchev–Trinajstić information content (AvgIpc) is 2.52. The van der Waals surface area contributed by atoms with Gasteiger partial charge in [0.15, 0.2) is 5.78 Å². The Morgan fingerprint density at radius 2 is 1.83 bits per heavy atom. The van der Waals surface area contributed by atoms with E-state index >= 15 is 0 Å². The van der Waals surface area contributed by atoms with Crippen LogP contribution in [0.2, 0.25) is 0 Å². The summed E-state index contributed by atoms with van der Waals surface area (Å²) in [4.78, 5) is 24.3. The zero-order chi connectivity index (χ0) is 17.0. The normalized spacial score (nSPS) is 10.7. The van der Waals surface area contributed by atoms with Gasteiger partial charge >= 0.3 is 0 Å². The van der Waals surface area contributed by atoms with Gasteiger partial charge in [0.05, 0.1) is 4.92 Å². The molecule has 0 saturated heterocycles. The molecule has 0 amide bonds. The predicted octanol–water partition coefficient (Wildman–Crippen LogP) is 3.70. The van der Waals surface area contributed by atoms with E-state index in [1.807, 2.05) is 0 Å². The third-order valence-corrected chi connectivity index (χ3v) is 3.23. The first-order valence-electron chi connectivity index (χ1n) is 6.82. The fourth-order valence-electron chi connectivity index (χ4n) is 2.05. The maximum atomic E-state index is 12.8. The van der Waals surface area contributed by atoms with Gasteiger partial charge in [0, 0.05) is 25.7 Å². The molecule has 0 unspecified atom stereocenters. The molecule has 23 heavy (non-hydrogen) atoms. The first kappa shape index (κ1) is 16.4. The molecule has 2 aromatic rings. The van der Waals surface area contributed by atoms with Crippen molar-refractivity contribution in [1.29, 1.82) is 0 Å². The Kier molecular flexibility index (Phi) is 4.85. The lowest BCUT2D eigenvalue weighted by Gasteiger charge is -2.12. The van der Waals surface area contributed by atoms with E-state index < -0.39 is 10.7 Å². The van der Waals surface area contributed by atoms with E-state index in [9.17, 15) is 19.3 Å². The summed E-state index contributed by atoms with van der Waals surface area (Å²) >= 11 is 0. The number of carbonyl (C=O) groups excluding carboxylic acids is 1. The number of carbonyl (C=O) groups is 1. The van der Waals surface area contributed by atoms with E-state index in [0.717, 1.165) is 0 Å². The SMILES string of the molecule is CN(C)c1ccc(/C=C/C(=O)c2ccc(F)cc2)cc1[N+](=O)[O-]. The minimum Gasteiger partial charge on any atom is -0.372 e.